The van der Waals surface area contributed by atoms with Crippen LogP contribution in [0.25, 0.3) is 0 Å². The summed E-state index contributed by atoms with van der Waals surface area (Å²) in [5, 5.41) is 0. The number of hydrogen-bond donors (Lipinski definition) is 0. The monoisotopic (exact) mass is 256 g/mol. The van der Waals surface area contributed by atoms with E-state index in [2.05, 4.69) is 33.9 Å². The van der Waals surface area contributed by atoms with Gasteiger partial charge in [0.15, 0.2) is 0 Å². The largest absolute Gasteiger partial charge is 0.312 e. The average Bonchev–Trinajstić information content (AvgIpc) is 2.46. The third-order valence-corrected chi connectivity index (χ3v) is 3.58. The number of hydrogen-bond acceptors (Lipinski definition) is 2. The first-order valence-electron chi connectivity index (χ1n) is 6.73. The van der Waals surface area contributed by atoms with Crippen LogP contribution in [-0.2, 0) is 13.1 Å². The Labute approximate surface area is 112 Å². The van der Waals surface area contributed by atoms with Gasteiger partial charge >= 0.3 is 0 Å². The molecule has 1 aliphatic rings. The molecule has 4 heteroatoms. The van der Waals surface area contributed by atoms with Crippen molar-refractivity contribution in [3.05, 3.63) is 59.1 Å². The minimum Gasteiger partial charge on any atom is -0.312 e. The van der Waals surface area contributed by atoms with Gasteiger partial charge in [0.25, 0.3) is 11.4 Å². The Morgan fingerprint density at radius 1 is 1.11 bits per heavy atom. The lowest BCUT2D eigenvalue weighted by atomic mass is 10.2. The molecule has 0 aliphatic carbocycles. The quantitative estimate of drug-likeness (QED) is 0.768. The maximum Gasteiger partial charge on any atom is 0.276 e. The minimum absolute atomic E-state index is 0.0699. The van der Waals surface area contributed by atoms with E-state index >= 15 is 0 Å². The van der Waals surface area contributed by atoms with Gasteiger partial charge in [0, 0.05) is 24.8 Å². The Balaban J connectivity index is 1.75. The van der Waals surface area contributed by atoms with Gasteiger partial charge in [0.2, 0.25) is 0 Å². The fraction of sp³-hybridized carbons (Fsp3) is 0.333. The van der Waals surface area contributed by atoms with Gasteiger partial charge in [-0.1, -0.05) is 12.1 Å². The molecule has 4 nitrogen and oxygen atoms in total. The minimum atomic E-state index is 0.0699. The van der Waals surface area contributed by atoms with Crippen LogP contribution in [0.15, 0.2) is 53.6 Å². The number of pyridine rings is 2. The lowest BCUT2D eigenvalue weighted by Gasteiger charge is -2.24. The second-order valence-corrected chi connectivity index (χ2v) is 4.83. The summed E-state index contributed by atoms with van der Waals surface area (Å²) in [4.78, 5) is 14.0. The molecular weight excluding hydrogens is 238 g/mol. The van der Waals surface area contributed by atoms with Gasteiger partial charge in [-0.05, 0) is 12.1 Å². The van der Waals surface area contributed by atoms with E-state index in [1.165, 1.54) is 5.82 Å². The average molecular weight is 256 g/mol. The van der Waals surface area contributed by atoms with Crippen LogP contribution in [0, 0.1) is 0 Å². The molecule has 0 unspecified atom stereocenters. The zero-order valence-electron chi connectivity index (χ0n) is 10.9. The molecule has 0 spiro atoms. The van der Waals surface area contributed by atoms with Gasteiger partial charge in [-0.2, -0.15) is 0 Å². The van der Waals surface area contributed by atoms with E-state index in [-0.39, 0.29) is 5.56 Å². The molecule has 0 amide bonds. The van der Waals surface area contributed by atoms with Crippen molar-refractivity contribution in [3.63, 3.8) is 0 Å². The summed E-state index contributed by atoms with van der Waals surface area (Å²) in [5.41, 5.74) is 0.0699. The SMILES string of the molecule is O=c1ccccn1CCN1CCC[n+]2ccccc21. The number of nitrogens with zero attached hydrogens (tertiary/aromatic N) is 3. The molecule has 98 valence electrons. The maximum atomic E-state index is 11.7. The Hall–Kier alpha value is -2.10. The van der Waals surface area contributed by atoms with Crippen LogP contribution in [0.4, 0.5) is 5.82 Å². The van der Waals surface area contributed by atoms with Gasteiger partial charge in [-0.15, -0.1) is 0 Å². The molecule has 0 saturated carbocycles. The summed E-state index contributed by atoms with van der Waals surface area (Å²) in [6.07, 6.45) is 5.13. The summed E-state index contributed by atoms with van der Waals surface area (Å²) >= 11 is 0. The van der Waals surface area contributed by atoms with Crippen LogP contribution in [0.1, 0.15) is 6.42 Å². The van der Waals surface area contributed by atoms with E-state index in [1.54, 1.807) is 16.7 Å². The van der Waals surface area contributed by atoms with Crippen molar-refractivity contribution in [2.75, 3.05) is 18.0 Å². The first-order valence-corrected chi connectivity index (χ1v) is 6.73. The van der Waals surface area contributed by atoms with Crippen LogP contribution < -0.4 is 15.0 Å². The second-order valence-electron chi connectivity index (χ2n) is 4.83. The highest BCUT2D eigenvalue weighted by Crippen LogP contribution is 2.12. The van der Waals surface area contributed by atoms with E-state index in [0.717, 1.165) is 32.6 Å². The predicted molar refractivity (Wildman–Crippen MR) is 74.2 cm³/mol. The van der Waals surface area contributed by atoms with Gasteiger partial charge in [0.1, 0.15) is 6.54 Å². The molecule has 0 fully saturated rings. The molecule has 0 saturated heterocycles. The first-order chi connectivity index (χ1) is 9.34. The van der Waals surface area contributed by atoms with E-state index < -0.39 is 0 Å². The third kappa shape index (κ3) is 2.52. The molecular formula is C15H18N3O+. The molecule has 2 aromatic rings. The Morgan fingerprint density at radius 2 is 2.00 bits per heavy atom. The van der Waals surface area contributed by atoms with E-state index in [4.69, 9.17) is 0 Å². The summed E-state index contributed by atoms with van der Waals surface area (Å²) in [6, 6.07) is 11.6. The molecule has 2 aromatic heterocycles. The van der Waals surface area contributed by atoms with Crippen molar-refractivity contribution >= 4 is 5.82 Å². The second kappa shape index (κ2) is 5.26. The summed E-state index contributed by atoms with van der Waals surface area (Å²) in [6.45, 7) is 3.74. The normalized spacial score (nSPS) is 14.2. The Kier molecular flexibility index (Phi) is 3.31. The lowest BCUT2D eigenvalue weighted by Crippen LogP contribution is -2.48. The first kappa shape index (κ1) is 12.0. The highest BCUT2D eigenvalue weighted by atomic mass is 16.1. The molecule has 1 aliphatic heterocycles. The maximum absolute atomic E-state index is 11.7. The van der Waals surface area contributed by atoms with Crippen molar-refractivity contribution < 1.29 is 4.57 Å². The van der Waals surface area contributed by atoms with Gasteiger partial charge in [-0.25, -0.2) is 4.57 Å². The fourth-order valence-electron chi connectivity index (χ4n) is 2.59. The van der Waals surface area contributed by atoms with Gasteiger partial charge < -0.3 is 4.57 Å². The number of aromatic nitrogens is 2. The van der Waals surface area contributed by atoms with E-state index in [0.29, 0.717) is 0 Å². The van der Waals surface area contributed by atoms with Gasteiger partial charge in [-0.3, -0.25) is 9.69 Å². The number of fused-ring (bicyclic) bond motifs is 1. The molecule has 3 heterocycles. The molecule has 0 bridgehead atoms. The number of anilines is 1. The smallest absolute Gasteiger partial charge is 0.276 e. The molecule has 0 aromatic carbocycles. The van der Waals surface area contributed by atoms with E-state index in [1.807, 2.05) is 12.3 Å². The Morgan fingerprint density at radius 3 is 2.89 bits per heavy atom. The fourth-order valence-corrected chi connectivity index (χ4v) is 2.59. The molecule has 0 radical (unpaired) electrons. The predicted octanol–water partition coefficient (Wildman–Crippen LogP) is 1.05. The van der Waals surface area contributed by atoms with Gasteiger partial charge in [0.05, 0.1) is 25.8 Å². The number of rotatable bonds is 3. The lowest BCUT2D eigenvalue weighted by molar-refractivity contribution is -0.688. The van der Waals surface area contributed by atoms with E-state index in [9.17, 15) is 4.79 Å². The van der Waals surface area contributed by atoms with Crippen molar-refractivity contribution in [1.82, 2.24) is 4.57 Å². The topological polar surface area (TPSA) is 29.1 Å². The zero-order valence-corrected chi connectivity index (χ0v) is 10.9. The Bertz CT molecular complexity index is 621. The molecule has 0 atom stereocenters. The molecule has 19 heavy (non-hydrogen) atoms. The molecule has 0 N–H and O–H groups in total. The number of aryl methyl sites for hydroxylation is 1. The van der Waals surface area contributed by atoms with Crippen LogP contribution in [-0.4, -0.2) is 17.7 Å². The molecule has 3 rings (SSSR count). The van der Waals surface area contributed by atoms with Crippen LogP contribution >= 0.6 is 0 Å². The summed E-state index contributed by atoms with van der Waals surface area (Å²) in [7, 11) is 0. The van der Waals surface area contributed by atoms with Crippen LogP contribution in [0.5, 0.6) is 0 Å². The zero-order chi connectivity index (χ0) is 13.1. The van der Waals surface area contributed by atoms with Crippen LogP contribution in [0.2, 0.25) is 0 Å². The van der Waals surface area contributed by atoms with Crippen LogP contribution in [0.3, 0.4) is 0 Å². The highest BCUT2D eigenvalue weighted by molar-refractivity contribution is 5.32. The highest BCUT2D eigenvalue weighted by Gasteiger charge is 2.23. The summed E-state index contributed by atoms with van der Waals surface area (Å²) in [5.74, 6) is 1.25. The van der Waals surface area contributed by atoms with Crippen molar-refractivity contribution in [3.8, 4) is 0 Å². The summed E-state index contributed by atoms with van der Waals surface area (Å²) < 4.78 is 4.04. The van der Waals surface area contributed by atoms with Crippen molar-refractivity contribution in [2.24, 2.45) is 0 Å². The third-order valence-electron chi connectivity index (χ3n) is 3.58. The van der Waals surface area contributed by atoms with Crippen molar-refractivity contribution in [1.29, 1.82) is 0 Å². The van der Waals surface area contributed by atoms with Crippen molar-refractivity contribution in [2.45, 2.75) is 19.5 Å². The standard InChI is InChI=1S/C15H18N3O/c19-15-7-2-4-9-18(15)13-12-17-11-5-10-16-8-3-1-6-14(16)17/h1-4,6-9H,5,10-13H2/q+1.